The van der Waals surface area contributed by atoms with Crippen molar-refractivity contribution in [1.82, 2.24) is 5.32 Å². The fraction of sp³-hybridized carbons (Fsp3) is 0.529. The topological polar surface area (TPSA) is 55.4 Å². The summed E-state index contributed by atoms with van der Waals surface area (Å²) in [6, 6.07) is 3.70. The molecular formula is C17H21ClFNO3. The third-order valence-electron chi connectivity index (χ3n) is 4.54. The molecule has 1 aliphatic carbocycles. The molecule has 0 radical (unpaired) electrons. The highest BCUT2D eigenvalue weighted by Gasteiger charge is 2.28. The Bertz CT molecular complexity index is 593. The summed E-state index contributed by atoms with van der Waals surface area (Å²) in [4.78, 5) is 23.8. The summed E-state index contributed by atoms with van der Waals surface area (Å²) < 4.78 is 18.4. The zero-order valence-electron chi connectivity index (χ0n) is 13.3. The summed E-state index contributed by atoms with van der Waals surface area (Å²) in [6.07, 6.45) is 3.16. The lowest BCUT2D eigenvalue weighted by atomic mass is 9.78. The lowest BCUT2D eigenvalue weighted by Gasteiger charge is -2.34. The molecule has 1 amide bonds. The molecule has 2 rings (SSSR count). The molecule has 0 aromatic heterocycles. The monoisotopic (exact) mass is 341 g/mol. The highest BCUT2D eigenvalue weighted by molar-refractivity contribution is 6.30. The van der Waals surface area contributed by atoms with Crippen molar-refractivity contribution < 1.29 is 18.7 Å². The molecule has 1 fully saturated rings. The van der Waals surface area contributed by atoms with Crippen LogP contribution in [0.1, 0.15) is 43.5 Å². The van der Waals surface area contributed by atoms with E-state index in [2.05, 4.69) is 19.2 Å². The van der Waals surface area contributed by atoms with Crippen molar-refractivity contribution in [3.05, 3.63) is 34.6 Å². The number of hydrogen-bond acceptors (Lipinski definition) is 3. The molecule has 23 heavy (non-hydrogen) atoms. The first-order chi connectivity index (χ1) is 10.9. The molecule has 126 valence electrons. The summed E-state index contributed by atoms with van der Waals surface area (Å²) in [7, 11) is 0. The molecule has 1 aromatic rings. The fourth-order valence-corrected chi connectivity index (χ4v) is 3.07. The van der Waals surface area contributed by atoms with Gasteiger partial charge in [-0.3, -0.25) is 4.79 Å². The number of amides is 1. The maximum absolute atomic E-state index is 13.6. The van der Waals surface area contributed by atoms with Gasteiger partial charge in [0.2, 0.25) is 0 Å². The Morgan fingerprint density at radius 3 is 2.83 bits per heavy atom. The molecule has 0 heterocycles. The van der Waals surface area contributed by atoms with Gasteiger partial charge in [0.1, 0.15) is 5.82 Å². The van der Waals surface area contributed by atoms with Crippen LogP contribution in [0.15, 0.2) is 18.2 Å². The van der Waals surface area contributed by atoms with Gasteiger partial charge in [0.05, 0.1) is 5.56 Å². The summed E-state index contributed by atoms with van der Waals surface area (Å²) >= 11 is 5.73. The number of rotatable bonds is 4. The largest absolute Gasteiger partial charge is 0.452 e. The maximum atomic E-state index is 13.6. The number of esters is 1. The smallest absolute Gasteiger partial charge is 0.341 e. The second-order valence-corrected chi connectivity index (χ2v) is 6.58. The Hall–Kier alpha value is -1.62. The zero-order valence-corrected chi connectivity index (χ0v) is 14.0. The van der Waals surface area contributed by atoms with E-state index in [1.165, 1.54) is 12.1 Å². The van der Waals surface area contributed by atoms with Gasteiger partial charge < -0.3 is 10.1 Å². The second-order valence-electron chi connectivity index (χ2n) is 6.14. The van der Waals surface area contributed by atoms with Crippen LogP contribution in [0.5, 0.6) is 0 Å². The molecule has 1 aliphatic rings. The van der Waals surface area contributed by atoms with Crippen molar-refractivity contribution in [3.8, 4) is 0 Å². The third-order valence-corrected chi connectivity index (χ3v) is 4.77. The molecule has 6 heteroatoms. The molecule has 3 atom stereocenters. The van der Waals surface area contributed by atoms with Gasteiger partial charge in [-0.2, -0.15) is 0 Å². The van der Waals surface area contributed by atoms with E-state index in [1.54, 1.807) is 0 Å². The van der Waals surface area contributed by atoms with Crippen LogP contribution >= 0.6 is 11.6 Å². The average Bonchev–Trinajstić information content (AvgIpc) is 2.52. The Labute approximate surface area is 140 Å². The van der Waals surface area contributed by atoms with E-state index in [0.29, 0.717) is 11.8 Å². The molecule has 0 spiro atoms. The van der Waals surface area contributed by atoms with Crippen LogP contribution in [0.4, 0.5) is 4.39 Å². The number of ether oxygens (including phenoxy) is 1. The van der Waals surface area contributed by atoms with E-state index < -0.39 is 18.4 Å². The van der Waals surface area contributed by atoms with Crippen LogP contribution < -0.4 is 5.32 Å². The lowest BCUT2D eigenvalue weighted by Crippen LogP contribution is -2.45. The van der Waals surface area contributed by atoms with Crippen molar-refractivity contribution in [2.75, 3.05) is 6.61 Å². The molecular weight excluding hydrogens is 321 g/mol. The number of nitrogens with one attached hydrogen (secondary N) is 1. The first-order valence-electron chi connectivity index (χ1n) is 7.80. The molecule has 0 aliphatic heterocycles. The summed E-state index contributed by atoms with van der Waals surface area (Å²) in [6.45, 7) is 3.86. The van der Waals surface area contributed by atoms with Crippen LogP contribution in [0, 0.1) is 17.7 Å². The van der Waals surface area contributed by atoms with E-state index in [9.17, 15) is 14.0 Å². The molecule has 4 nitrogen and oxygen atoms in total. The van der Waals surface area contributed by atoms with Crippen LogP contribution in [-0.2, 0) is 9.53 Å². The quantitative estimate of drug-likeness (QED) is 0.852. The number of benzene rings is 1. The Kier molecular flexibility index (Phi) is 5.99. The summed E-state index contributed by atoms with van der Waals surface area (Å²) in [5.41, 5.74) is -0.273. The first kappa shape index (κ1) is 17.7. The highest BCUT2D eigenvalue weighted by atomic mass is 35.5. The van der Waals surface area contributed by atoms with E-state index in [-0.39, 0.29) is 22.5 Å². The predicted molar refractivity (Wildman–Crippen MR) is 85.8 cm³/mol. The van der Waals surface area contributed by atoms with Crippen molar-refractivity contribution in [3.63, 3.8) is 0 Å². The fourth-order valence-electron chi connectivity index (χ4n) is 2.90. The van der Waals surface area contributed by atoms with Crippen LogP contribution in [-0.4, -0.2) is 24.5 Å². The van der Waals surface area contributed by atoms with Gasteiger partial charge >= 0.3 is 5.97 Å². The van der Waals surface area contributed by atoms with Crippen molar-refractivity contribution in [2.24, 2.45) is 11.8 Å². The van der Waals surface area contributed by atoms with Gasteiger partial charge in [-0.15, -0.1) is 0 Å². The standard InChI is InChI=1S/C17H21ClFNO3/c1-10-4-3-5-15(11(10)2)20-16(21)9-23-17(22)13-8-12(18)6-7-14(13)19/h6-8,10-11,15H,3-5,9H2,1-2H3,(H,20,21)/t10-,11-,15-/m1/s1. The van der Waals surface area contributed by atoms with Gasteiger partial charge in [-0.1, -0.05) is 38.3 Å². The second kappa shape index (κ2) is 7.77. The maximum Gasteiger partial charge on any atom is 0.341 e. The van der Waals surface area contributed by atoms with E-state index in [0.717, 1.165) is 25.3 Å². The number of halogens is 2. The average molecular weight is 342 g/mol. The van der Waals surface area contributed by atoms with Crippen molar-refractivity contribution >= 4 is 23.5 Å². The van der Waals surface area contributed by atoms with Crippen LogP contribution in [0.2, 0.25) is 5.02 Å². The number of carbonyl (C=O) groups excluding carboxylic acids is 2. The molecule has 0 bridgehead atoms. The normalized spacial score (nSPS) is 24.1. The van der Waals surface area contributed by atoms with Gasteiger partial charge in [-0.25, -0.2) is 9.18 Å². The summed E-state index contributed by atoms with van der Waals surface area (Å²) in [5, 5.41) is 3.13. The third kappa shape index (κ3) is 4.67. The van der Waals surface area contributed by atoms with Gasteiger partial charge in [0, 0.05) is 11.1 Å². The van der Waals surface area contributed by atoms with E-state index in [1.807, 2.05) is 0 Å². The van der Waals surface area contributed by atoms with E-state index in [4.69, 9.17) is 16.3 Å². The number of carbonyl (C=O) groups is 2. The molecule has 0 unspecified atom stereocenters. The van der Waals surface area contributed by atoms with Crippen molar-refractivity contribution in [1.29, 1.82) is 0 Å². The molecule has 1 aromatic carbocycles. The predicted octanol–water partition coefficient (Wildman–Crippen LogP) is 3.58. The minimum atomic E-state index is -0.898. The first-order valence-corrected chi connectivity index (χ1v) is 8.18. The lowest BCUT2D eigenvalue weighted by molar-refractivity contribution is -0.125. The van der Waals surface area contributed by atoms with Crippen LogP contribution in [0.25, 0.3) is 0 Å². The molecule has 0 saturated heterocycles. The van der Waals surface area contributed by atoms with E-state index >= 15 is 0 Å². The highest BCUT2D eigenvalue weighted by Crippen LogP contribution is 2.29. The molecule has 1 N–H and O–H groups in total. The molecule has 1 saturated carbocycles. The van der Waals surface area contributed by atoms with Crippen LogP contribution in [0.3, 0.4) is 0 Å². The Balaban J connectivity index is 1.86. The summed E-state index contributed by atoms with van der Waals surface area (Å²) in [5.74, 6) is -1.06. The van der Waals surface area contributed by atoms with Gasteiger partial charge in [0.25, 0.3) is 5.91 Å². The van der Waals surface area contributed by atoms with Crippen molar-refractivity contribution in [2.45, 2.75) is 39.2 Å². The Morgan fingerprint density at radius 1 is 1.35 bits per heavy atom. The SMILES string of the molecule is C[C@@H]1[C@H](C)CCC[C@H]1NC(=O)COC(=O)c1cc(Cl)ccc1F. The minimum Gasteiger partial charge on any atom is -0.452 e. The van der Waals surface area contributed by atoms with Gasteiger partial charge in [0.15, 0.2) is 6.61 Å². The zero-order chi connectivity index (χ0) is 17.0. The Morgan fingerprint density at radius 2 is 2.09 bits per heavy atom. The number of hydrogen-bond donors (Lipinski definition) is 1. The van der Waals surface area contributed by atoms with Gasteiger partial charge in [-0.05, 0) is 36.5 Å². The minimum absolute atomic E-state index is 0.0906.